The van der Waals surface area contributed by atoms with Gasteiger partial charge in [-0.05, 0) is 46.9 Å². The van der Waals surface area contributed by atoms with Gasteiger partial charge in [-0.1, -0.05) is 82.6 Å². The fourth-order valence-electron chi connectivity index (χ4n) is 2.56. The van der Waals surface area contributed by atoms with E-state index in [2.05, 4.69) is 76.2 Å². The molecule has 0 radical (unpaired) electrons. The van der Waals surface area contributed by atoms with Gasteiger partial charge in [0, 0.05) is 0 Å². The number of hydrogen-bond donors (Lipinski definition) is 0. The lowest BCUT2D eigenvalue weighted by Gasteiger charge is -2.19. The van der Waals surface area contributed by atoms with Crippen molar-refractivity contribution in [3.8, 4) is 0 Å². The van der Waals surface area contributed by atoms with Gasteiger partial charge in [0.05, 0.1) is 0 Å². The lowest BCUT2D eigenvalue weighted by Crippen LogP contribution is -2.10. The van der Waals surface area contributed by atoms with Crippen molar-refractivity contribution in [2.75, 3.05) is 0 Å². The van der Waals surface area contributed by atoms with Crippen molar-refractivity contribution in [2.45, 2.75) is 58.8 Å². The third kappa shape index (κ3) is 4.74. The Morgan fingerprint density at radius 1 is 0.714 bits per heavy atom. The first-order valence-corrected chi connectivity index (χ1v) is 8.16. The number of aryl methyl sites for hydroxylation is 1. The molecule has 0 fully saturated rings. The van der Waals surface area contributed by atoms with E-state index in [9.17, 15) is 0 Å². The Morgan fingerprint density at radius 2 is 1.19 bits per heavy atom. The second-order valence-corrected chi connectivity index (χ2v) is 7.04. The smallest absolute Gasteiger partial charge is 0.00258 e. The first-order valence-electron chi connectivity index (χ1n) is 8.16. The molecule has 0 N–H and O–H groups in total. The Morgan fingerprint density at radius 3 is 1.67 bits per heavy atom. The molecule has 0 bridgehead atoms. The van der Waals surface area contributed by atoms with E-state index in [4.69, 9.17) is 0 Å². The van der Waals surface area contributed by atoms with Crippen molar-refractivity contribution in [2.24, 2.45) is 0 Å². The largest absolute Gasteiger partial charge is 0.0654 e. The fraction of sp³-hybridized carbons (Fsp3) is 0.429. The monoisotopic (exact) mass is 280 g/mol. The first-order chi connectivity index (χ1) is 9.99. The van der Waals surface area contributed by atoms with Crippen LogP contribution in [-0.2, 0) is 18.3 Å². The molecule has 0 saturated carbocycles. The van der Waals surface area contributed by atoms with Crippen LogP contribution in [0.2, 0.25) is 0 Å². The van der Waals surface area contributed by atoms with E-state index in [-0.39, 0.29) is 5.41 Å². The van der Waals surface area contributed by atoms with Crippen molar-refractivity contribution in [3.05, 3.63) is 70.8 Å². The number of unbranched alkanes of at least 4 members (excludes halogenated alkanes) is 1. The maximum absolute atomic E-state index is 2.29. The SMILES string of the molecule is CCCCc1ccc(Cc2ccc(C(C)(C)C)cc2)cc1. The Bertz CT molecular complexity index is 538. The summed E-state index contributed by atoms with van der Waals surface area (Å²) in [5.41, 5.74) is 5.90. The van der Waals surface area contributed by atoms with Gasteiger partial charge >= 0.3 is 0 Å². The molecule has 0 aliphatic rings. The van der Waals surface area contributed by atoms with Gasteiger partial charge < -0.3 is 0 Å². The molecule has 0 saturated heterocycles. The topological polar surface area (TPSA) is 0 Å². The van der Waals surface area contributed by atoms with Gasteiger partial charge in [0.15, 0.2) is 0 Å². The lowest BCUT2D eigenvalue weighted by molar-refractivity contribution is 0.590. The third-order valence-electron chi connectivity index (χ3n) is 4.07. The van der Waals surface area contributed by atoms with Crippen molar-refractivity contribution < 1.29 is 0 Å². The molecule has 21 heavy (non-hydrogen) atoms. The highest BCUT2D eigenvalue weighted by atomic mass is 14.2. The maximum Gasteiger partial charge on any atom is -0.00258 e. The Kier molecular flexibility index (Phi) is 5.22. The van der Waals surface area contributed by atoms with Crippen molar-refractivity contribution in [1.29, 1.82) is 0 Å². The van der Waals surface area contributed by atoms with Gasteiger partial charge in [0.1, 0.15) is 0 Å². The molecule has 0 aliphatic carbocycles. The van der Waals surface area contributed by atoms with Gasteiger partial charge in [0.25, 0.3) is 0 Å². The normalized spacial score (nSPS) is 11.6. The van der Waals surface area contributed by atoms with E-state index in [1.165, 1.54) is 41.5 Å². The Labute approximate surface area is 130 Å². The molecule has 0 aliphatic heterocycles. The summed E-state index contributed by atoms with van der Waals surface area (Å²) in [6, 6.07) is 18.2. The zero-order valence-corrected chi connectivity index (χ0v) is 13.9. The lowest BCUT2D eigenvalue weighted by atomic mass is 9.86. The highest BCUT2D eigenvalue weighted by Crippen LogP contribution is 2.23. The standard InChI is InChI=1S/C21H28/c1-5-6-7-17-8-10-18(11-9-17)16-19-12-14-20(15-13-19)21(2,3)4/h8-15H,5-7,16H2,1-4H3. The van der Waals surface area contributed by atoms with E-state index >= 15 is 0 Å². The van der Waals surface area contributed by atoms with Gasteiger partial charge in [-0.15, -0.1) is 0 Å². The van der Waals surface area contributed by atoms with E-state index in [0.29, 0.717) is 0 Å². The maximum atomic E-state index is 2.29. The molecule has 2 rings (SSSR count). The minimum absolute atomic E-state index is 0.236. The summed E-state index contributed by atoms with van der Waals surface area (Å²) in [5, 5.41) is 0. The van der Waals surface area contributed by atoms with Crippen LogP contribution in [0.4, 0.5) is 0 Å². The summed E-state index contributed by atoms with van der Waals surface area (Å²) >= 11 is 0. The summed E-state index contributed by atoms with van der Waals surface area (Å²) in [6.07, 6.45) is 4.78. The second kappa shape index (κ2) is 6.93. The van der Waals surface area contributed by atoms with Crippen LogP contribution in [0.3, 0.4) is 0 Å². The molecule has 0 nitrogen and oxygen atoms in total. The average Bonchev–Trinajstić information content (AvgIpc) is 2.46. The molecule has 0 heterocycles. The summed E-state index contributed by atoms with van der Waals surface area (Å²) in [6.45, 7) is 9.03. The predicted octanol–water partition coefficient (Wildman–Crippen LogP) is 5.92. The van der Waals surface area contributed by atoms with Crippen LogP contribution in [-0.4, -0.2) is 0 Å². The molecule has 0 unspecified atom stereocenters. The van der Waals surface area contributed by atoms with Gasteiger partial charge in [0.2, 0.25) is 0 Å². The van der Waals surface area contributed by atoms with Crippen LogP contribution >= 0.6 is 0 Å². The van der Waals surface area contributed by atoms with Crippen LogP contribution in [0.5, 0.6) is 0 Å². The van der Waals surface area contributed by atoms with Crippen LogP contribution in [0.15, 0.2) is 48.5 Å². The molecule has 0 spiro atoms. The van der Waals surface area contributed by atoms with Crippen molar-refractivity contribution in [1.82, 2.24) is 0 Å². The number of benzene rings is 2. The van der Waals surface area contributed by atoms with Crippen molar-refractivity contribution >= 4 is 0 Å². The minimum atomic E-state index is 0.236. The van der Waals surface area contributed by atoms with Gasteiger partial charge in [-0.2, -0.15) is 0 Å². The summed E-state index contributed by atoms with van der Waals surface area (Å²) in [4.78, 5) is 0. The average molecular weight is 280 g/mol. The molecule has 2 aromatic carbocycles. The van der Waals surface area contributed by atoms with E-state index in [0.717, 1.165) is 6.42 Å². The Hall–Kier alpha value is -1.56. The molecule has 0 amide bonds. The first kappa shape index (κ1) is 15.8. The summed E-state index contributed by atoms with van der Waals surface area (Å²) < 4.78 is 0. The molecule has 0 atom stereocenters. The molecule has 112 valence electrons. The molecule has 0 aromatic heterocycles. The van der Waals surface area contributed by atoms with Gasteiger partial charge in [-0.25, -0.2) is 0 Å². The number of hydrogen-bond acceptors (Lipinski definition) is 0. The second-order valence-electron chi connectivity index (χ2n) is 7.04. The molecular formula is C21H28. The highest BCUT2D eigenvalue weighted by molar-refractivity contribution is 5.32. The van der Waals surface area contributed by atoms with Crippen LogP contribution < -0.4 is 0 Å². The summed E-state index contributed by atoms with van der Waals surface area (Å²) in [7, 11) is 0. The predicted molar refractivity (Wildman–Crippen MR) is 93.0 cm³/mol. The molecule has 0 heteroatoms. The van der Waals surface area contributed by atoms with Crippen molar-refractivity contribution in [3.63, 3.8) is 0 Å². The zero-order chi connectivity index (χ0) is 15.3. The van der Waals surface area contributed by atoms with E-state index in [1.54, 1.807) is 0 Å². The quantitative estimate of drug-likeness (QED) is 0.638. The van der Waals surface area contributed by atoms with Gasteiger partial charge in [-0.3, -0.25) is 0 Å². The Balaban J connectivity index is 2.01. The van der Waals surface area contributed by atoms with E-state index < -0.39 is 0 Å². The zero-order valence-electron chi connectivity index (χ0n) is 13.9. The minimum Gasteiger partial charge on any atom is -0.0654 e. The number of rotatable bonds is 5. The molecular weight excluding hydrogens is 252 g/mol. The highest BCUT2D eigenvalue weighted by Gasteiger charge is 2.12. The van der Waals surface area contributed by atoms with Crippen LogP contribution in [0.25, 0.3) is 0 Å². The fourth-order valence-corrected chi connectivity index (χ4v) is 2.56. The van der Waals surface area contributed by atoms with Crippen LogP contribution in [0, 0.1) is 0 Å². The van der Waals surface area contributed by atoms with E-state index in [1.807, 2.05) is 0 Å². The molecule has 2 aromatic rings. The summed E-state index contributed by atoms with van der Waals surface area (Å²) in [5.74, 6) is 0. The van der Waals surface area contributed by atoms with Crippen LogP contribution in [0.1, 0.15) is 62.8 Å². The third-order valence-corrected chi connectivity index (χ3v) is 4.07.